The number of carbonyl (C=O) groups is 3. The SMILES string of the molecule is COc1ccc(Cl)cc1NC(=O)C(=O)NN=Cc1ccccc1OC(=O)c1ccco1. The number of nitrogens with one attached hydrogen (secondary N) is 2. The predicted octanol–water partition coefficient (Wildman–Crippen LogP) is 3.25. The summed E-state index contributed by atoms with van der Waals surface area (Å²) < 4.78 is 15.4. The topological polar surface area (TPSA) is 119 Å². The largest absolute Gasteiger partial charge is 0.495 e. The van der Waals surface area contributed by atoms with E-state index < -0.39 is 17.8 Å². The van der Waals surface area contributed by atoms with E-state index in [0.717, 1.165) is 0 Å². The molecule has 0 unspecified atom stereocenters. The Hall–Kier alpha value is -4.11. The molecule has 0 fully saturated rings. The lowest BCUT2D eigenvalue weighted by Crippen LogP contribution is -2.32. The molecule has 0 spiro atoms. The number of halogens is 1. The maximum atomic E-state index is 12.1. The highest BCUT2D eigenvalue weighted by atomic mass is 35.5. The molecule has 0 atom stereocenters. The van der Waals surface area contributed by atoms with Gasteiger partial charge in [0.05, 0.1) is 25.3 Å². The van der Waals surface area contributed by atoms with E-state index in [1.807, 2.05) is 0 Å². The first-order chi connectivity index (χ1) is 15.0. The number of rotatable bonds is 6. The maximum Gasteiger partial charge on any atom is 0.379 e. The maximum absolute atomic E-state index is 12.1. The fourth-order valence-corrected chi connectivity index (χ4v) is 2.57. The van der Waals surface area contributed by atoms with Gasteiger partial charge in [-0.05, 0) is 42.5 Å². The summed E-state index contributed by atoms with van der Waals surface area (Å²) in [7, 11) is 1.42. The van der Waals surface area contributed by atoms with Crippen LogP contribution in [0.2, 0.25) is 5.02 Å². The van der Waals surface area contributed by atoms with Gasteiger partial charge in [-0.2, -0.15) is 5.10 Å². The summed E-state index contributed by atoms with van der Waals surface area (Å²) in [6.45, 7) is 0. The fourth-order valence-electron chi connectivity index (χ4n) is 2.39. The monoisotopic (exact) mass is 441 g/mol. The number of ether oxygens (including phenoxy) is 2. The van der Waals surface area contributed by atoms with Crippen LogP contribution in [0.4, 0.5) is 5.69 Å². The molecule has 2 N–H and O–H groups in total. The second-order valence-electron chi connectivity index (χ2n) is 5.90. The molecule has 0 radical (unpaired) electrons. The highest BCUT2D eigenvalue weighted by Gasteiger charge is 2.16. The first kappa shape index (κ1) is 21.6. The highest BCUT2D eigenvalue weighted by molar-refractivity contribution is 6.40. The van der Waals surface area contributed by atoms with Gasteiger partial charge in [-0.1, -0.05) is 23.7 Å². The molecule has 2 amide bonds. The van der Waals surface area contributed by atoms with E-state index >= 15 is 0 Å². The van der Waals surface area contributed by atoms with Gasteiger partial charge < -0.3 is 19.2 Å². The molecule has 0 saturated heterocycles. The minimum Gasteiger partial charge on any atom is -0.495 e. The number of nitrogens with zero attached hydrogens (tertiary/aromatic N) is 1. The van der Waals surface area contributed by atoms with Gasteiger partial charge in [0, 0.05) is 10.6 Å². The zero-order valence-electron chi connectivity index (χ0n) is 16.1. The van der Waals surface area contributed by atoms with Gasteiger partial charge in [0.2, 0.25) is 5.76 Å². The molecule has 158 valence electrons. The number of hydrazone groups is 1. The fraction of sp³-hybridized carbons (Fsp3) is 0.0476. The minimum atomic E-state index is -1.02. The van der Waals surface area contributed by atoms with Crippen molar-refractivity contribution >= 4 is 41.3 Å². The third-order valence-corrected chi connectivity index (χ3v) is 4.06. The lowest BCUT2D eigenvalue weighted by molar-refractivity contribution is -0.136. The number of methoxy groups -OCH3 is 1. The molecular formula is C21H16ClN3O6. The van der Waals surface area contributed by atoms with Crippen molar-refractivity contribution in [1.29, 1.82) is 0 Å². The normalized spacial score (nSPS) is 10.5. The number of benzene rings is 2. The van der Waals surface area contributed by atoms with E-state index in [2.05, 4.69) is 15.8 Å². The zero-order chi connectivity index (χ0) is 22.2. The summed E-state index contributed by atoms with van der Waals surface area (Å²) in [6.07, 6.45) is 2.58. The molecule has 1 heterocycles. The second-order valence-corrected chi connectivity index (χ2v) is 6.34. The molecule has 31 heavy (non-hydrogen) atoms. The lowest BCUT2D eigenvalue weighted by atomic mass is 10.2. The van der Waals surface area contributed by atoms with E-state index in [-0.39, 0.29) is 17.2 Å². The summed E-state index contributed by atoms with van der Waals surface area (Å²) in [6, 6.07) is 14.1. The summed E-state index contributed by atoms with van der Waals surface area (Å²) >= 11 is 5.90. The van der Waals surface area contributed by atoms with Crippen LogP contribution in [0.25, 0.3) is 0 Å². The van der Waals surface area contributed by atoms with E-state index in [0.29, 0.717) is 16.3 Å². The van der Waals surface area contributed by atoms with Gasteiger partial charge in [0.15, 0.2) is 0 Å². The van der Waals surface area contributed by atoms with Crippen LogP contribution >= 0.6 is 11.6 Å². The Kier molecular flexibility index (Phi) is 7.02. The number of para-hydroxylation sites is 1. The Morgan fingerprint density at radius 2 is 1.84 bits per heavy atom. The number of hydrogen-bond acceptors (Lipinski definition) is 7. The summed E-state index contributed by atoms with van der Waals surface area (Å²) in [5.74, 6) is -2.13. The van der Waals surface area contributed by atoms with Gasteiger partial charge in [-0.25, -0.2) is 10.2 Å². The van der Waals surface area contributed by atoms with Gasteiger partial charge in [-0.15, -0.1) is 0 Å². The molecular weight excluding hydrogens is 426 g/mol. The molecule has 10 heteroatoms. The molecule has 3 aromatic rings. The molecule has 0 aliphatic heterocycles. The average Bonchev–Trinajstić information content (AvgIpc) is 3.30. The van der Waals surface area contributed by atoms with Crippen molar-refractivity contribution in [2.24, 2.45) is 5.10 Å². The van der Waals surface area contributed by atoms with Crippen LogP contribution in [0.5, 0.6) is 11.5 Å². The Bertz CT molecular complexity index is 1130. The molecule has 2 aromatic carbocycles. The molecule has 0 aliphatic carbocycles. The molecule has 3 rings (SSSR count). The van der Waals surface area contributed by atoms with E-state index in [4.69, 9.17) is 25.5 Å². The predicted molar refractivity (Wildman–Crippen MR) is 112 cm³/mol. The zero-order valence-corrected chi connectivity index (χ0v) is 16.9. The molecule has 0 saturated carbocycles. The molecule has 0 bridgehead atoms. The van der Waals surface area contributed by atoms with Crippen molar-refractivity contribution in [3.63, 3.8) is 0 Å². The highest BCUT2D eigenvalue weighted by Crippen LogP contribution is 2.27. The van der Waals surface area contributed by atoms with Crippen molar-refractivity contribution in [1.82, 2.24) is 5.43 Å². The van der Waals surface area contributed by atoms with Crippen LogP contribution in [-0.4, -0.2) is 31.1 Å². The number of anilines is 1. The standard InChI is InChI=1S/C21H16ClN3O6/c1-29-17-9-8-14(22)11-15(17)24-19(26)20(27)25-23-12-13-5-2-3-6-16(13)31-21(28)18-7-4-10-30-18/h2-12H,1H3,(H,24,26)(H,25,27). The van der Waals surface area contributed by atoms with Crippen molar-refractivity contribution in [3.05, 3.63) is 77.2 Å². The van der Waals surface area contributed by atoms with Gasteiger partial charge >= 0.3 is 17.8 Å². The van der Waals surface area contributed by atoms with Gasteiger partial charge in [-0.3, -0.25) is 9.59 Å². The van der Waals surface area contributed by atoms with E-state index in [9.17, 15) is 14.4 Å². The van der Waals surface area contributed by atoms with Crippen LogP contribution in [0.1, 0.15) is 16.1 Å². The number of esters is 1. The molecule has 9 nitrogen and oxygen atoms in total. The molecule has 0 aliphatic rings. The Balaban J connectivity index is 1.63. The van der Waals surface area contributed by atoms with Crippen LogP contribution in [-0.2, 0) is 9.59 Å². The number of furan rings is 1. The number of amides is 2. The summed E-state index contributed by atoms with van der Waals surface area (Å²) in [5.41, 5.74) is 2.72. The Morgan fingerprint density at radius 1 is 1.03 bits per heavy atom. The second kappa shape index (κ2) is 10.1. The van der Waals surface area contributed by atoms with E-state index in [1.54, 1.807) is 42.5 Å². The summed E-state index contributed by atoms with van der Waals surface area (Å²) in [4.78, 5) is 36.2. The quantitative estimate of drug-likeness (QED) is 0.199. The Labute approximate surface area is 181 Å². The Morgan fingerprint density at radius 3 is 2.58 bits per heavy atom. The smallest absolute Gasteiger partial charge is 0.379 e. The van der Waals surface area contributed by atoms with Crippen molar-refractivity contribution in [2.45, 2.75) is 0 Å². The van der Waals surface area contributed by atoms with Crippen LogP contribution < -0.4 is 20.2 Å². The first-order valence-corrected chi connectivity index (χ1v) is 9.18. The van der Waals surface area contributed by atoms with Gasteiger partial charge in [0.25, 0.3) is 0 Å². The van der Waals surface area contributed by atoms with Crippen LogP contribution in [0, 0.1) is 0 Å². The lowest BCUT2D eigenvalue weighted by Gasteiger charge is -2.09. The molecule has 1 aromatic heterocycles. The van der Waals surface area contributed by atoms with Crippen molar-refractivity contribution in [2.75, 3.05) is 12.4 Å². The van der Waals surface area contributed by atoms with E-state index in [1.165, 1.54) is 31.7 Å². The van der Waals surface area contributed by atoms with Crippen molar-refractivity contribution in [3.8, 4) is 11.5 Å². The van der Waals surface area contributed by atoms with Crippen LogP contribution in [0.3, 0.4) is 0 Å². The van der Waals surface area contributed by atoms with Gasteiger partial charge in [0.1, 0.15) is 11.5 Å². The average molecular weight is 442 g/mol. The third-order valence-electron chi connectivity index (χ3n) is 3.83. The summed E-state index contributed by atoms with van der Waals surface area (Å²) in [5, 5.41) is 6.48. The van der Waals surface area contributed by atoms with Crippen molar-refractivity contribution < 1.29 is 28.3 Å². The first-order valence-electron chi connectivity index (χ1n) is 8.80. The third kappa shape index (κ3) is 5.71. The van der Waals surface area contributed by atoms with Crippen LogP contribution in [0.15, 0.2) is 70.4 Å². The number of carbonyl (C=O) groups excluding carboxylic acids is 3. The minimum absolute atomic E-state index is 0.0353. The number of hydrogen-bond donors (Lipinski definition) is 2.